The van der Waals surface area contributed by atoms with E-state index in [0.29, 0.717) is 36.6 Å². The van der Waals surface area contributed by atoms with Crippen LogP contribution in [0.5, 0.6) is 28.7 Å². The fourth-order valence-electron chi connectivity index (χ4n) is 10.2. The highest BCUT2D eigenvalue weighted by Gasteiger charge is 2.61. The Balaban J connectivity index is 1.31. The summed E-state index contributed by atoms with van der Waals surface area (Å²) in [4.78, 5) is 19.4. The lowest BCUT2D eigenvalue weighted by Gasteiger charge is -2.62. The molecule has 1 unspecified atom stereocenters. The average molecular weight is 710 g/mol. The highest BCUT2D eigenvalue weighted by molar-refractivity contribution is 7.99. The zero-order valence-electron chi connectivity index (χ0n) is 29.7. The number of likely N-dealkylation sites (N-methyl/N-ethyl adjacent to an activating group) is 1. The summed E-state index contributed by atoms with van der Waals surface area (Å²) in [6.45, 7) is 8.98. The van der Waals surface area contributed by atoms with Gasteiger partial charge in [-0.25, -0.2) is 0 Å². The van der Waals surface area contributed by atoms with Crippen molar-refractivity contribution in [3.63, 3.8) is 0 Å². The smallest absolute Gasteiger partial charge is 0.245 e. The number of fused-ring (bicyclic) bond motifs is 9. The number of carbonyl (C=O) groups is 1. The third-order valence-corrected chi connectivity index (χ3v) is 14.2. The van der Waals surface area contributed by atoms with E-state index in [4.69, 9.17) is 14.2 Å². The first-order chi connectivity index (χ1) is 24.5. The van der Waals surface area contributed by atoms with Crippen molar-refractivity contribution >= 4 is 17.7 Å². The zero-order valence-corrected chi connectivity index (χ0v) is 30.5. The van der Waals surface area contributed by atoms with Gasteiger partial charge in [0, 0.05) is 47.3 Å². The maximum atomic E-state index is 14.7. The minimum Gasteiger partial charge on any atom is -0.508 e. The molecule has 0 aliphatic carbocycles. The van der Waals surface area contributed by atoms with Crippen LogP contribution in [0, 0.1) is 39.0 Å². The van der Waals surface area contributed by atoms with Crippen LogP contribution in [0.1, 0.15) is 73.0 Å². The largest absolute Gasteiger partial charge is 0.508 e. The molecule has 12 heteroatoms. The number of nitrogens with zero attached hydrogens (tertiary/aromatic N) is 3. The van der Waals surface area contributed by atoms with E-state index >= 15 is 0 Å². The highest BCUT2D eigenvalue weighted by atomic mass is 32.2. The van der Waals surface area contributed by atoms with E-state index in [1.165, 1.54) is 0 Å². The number of carbonyl (C=O) groups excluding carboxylic acids is 1. The molecule has 7 aliphatic rings. The van der Waals surface area contributed by atoms with Gasteiger partial charge >= 0.3 is 0 Å². The van der Waals surface area contributed by atoms with Gasteiger partial charge in [-0.1, -0.05) is 6.07 Å². The molecule has 3 aromatic carbocycles. The summed E-state index contributed by atoms with van der Waals surface area (Å²) < 4.78 is 18.1. The number of aromatic hydroxyl groups is 2. The highest BCUT2D eigenvalue weighted by Crippen LogP contribution is 2.63. The number of phenolic OH excluding ortho intramolecular Hbond substituents is 2. The van der Waals surface area contributed by atoms with Crippen LogP contribution < -0.4 is 24.8 Å². The van der Waals surface area contributed by atoms with Gasteiger partial charge in [0.2, 0.25) is 12.7 Å². The number of methoxy groups -OCH3 is 1. The van der Waals surface area contributed by atoms with E-state index in [1.807, 2.05) is 26.0 Å². The minimum atomic E-state index is -1.05. The number of phenols is 2. The Kier molecular flexibility index (Phi) is 7.33. The molecule has 4 N–H and O–H groups in total. The Morgan fingerprint density at radius 1 is 1.04 bits per heavy atom. The predicted molar refractivity (Wildman–Crippen MR) is 192 cm³/mol. The van der Waals surface area contributed by atoms with Crippen molar-refractivity contribution in [3.8, 4) is 34.8 Å². The average Bonchev–Trinajstić information content (AvgIpc) is 3.60. The van der Waals surface area contributed by atoms with Crippen LogP contribution in [0.4, 0.5) is 0 Å². The van der Waals surface area contributed by atoms with Gasteiger partial charge in [0.05, 0.1) is 25.3 Å². The van der Waals surface area contributed by atoms with Crippen LogP contribution in [0.15, 0.2) is 18.2 Å². The second-order valence-corrected chi connectivity index (χ2v) is 16.1. The number of nitrogens with one attached hydrogen (secondary N) is 2. The summed E-state index contributed by atoms with van der Waals surface area (Å²) in [7, 11) is 3.67. The molecular weight excluding hydrogens is 667 g/mol. The fraction of sp³-hybridized carbons (Fsp3) is 0.487. The number of rotatable bonds is 1. The quantitative estimate of drug-likeness (QED) is 0.289. The molecule has 0 aromatic heterocycles. The summed E-state index contributed by atoms with van der Waals surface area (Å²) in [5.41, 5.74) is 8.51. The zero-order chi connectivity index (χ0) is 35.7. The van der Waals surface area contributed by atoms with E-state index in [0.717, 1.165) is 61.4 Å². The SMILES string of the molecule is COc1c(C)cc2c(c1O)[C@@H]1C3[C@@H]4SC[C@]5(NCCc6cc(O)c(C)cc65)C(=O)NC[C@@H](c5c6c(c(C)c(C)c54)OCO6)N3[C@@H](C#N)[C@H](C2)N1C. The molecule has 0 radical (unpaired) electrons. The normalized spacial score (nSPS) is 30.5. The van der Waals surface area contributed by atoms with Crippen molar-refractivity contribution < 1.29 is 29.2 Å². The van der Waals surface area contributed by atoms with Gasteiger partial charge in [0.15, 0.2) is 23.0 Å². The van der Waals surface area contributed by atoms with Crippen LogP contribution in [0.3, 0.4) is 0 Å². The molecule has 10 rings (SSSR count). The Hall–Kier alpha value is -4.15. The molecule has 1 amide bonds. The number of benzene rings is 3. The van der Waals surface area contributed by atoms with Crippen molar-refractivity contribution in [1.82, 2.24) is 20.4 Å². The van der Waals surface area contributed by atoms with E-state index in [9.17, 15) is 20.3 Å². The second kappa shape index (κ2) is 11.4. The first-order valence-electron chi connectivity index (χ1n) is 17.7. The van der Waals surface area contributed by atoms with Gasteiger partial charge in [-0.05, 0) is 104 Å². The number of ether oxygens (including phenoxy) is 3. The topological polar surface area (TPSA) is 140 Å². The van der Waals surface area contributed by atoms with E-state index in [2.05, 4.69) is 53.5 Å². The van der Waals surface area contributed by atoms with E-state index in [-0.39, 0.29) is 54.1 Å². The molecular formula is C39H43N5O6S. The molecule has 7 heterocycles. The Morgan fingerprint density at radius 2 is 1.82 bits per heavy atom. The molecule has 4 bridgehead atoms. The van der Waals surface area contributed by atoms with Crippen molar-refractivity contribution in [1.29, 1.82) is 5.26 Å². The number of hydrogen-bond acceptors (Lipinski definition) is 11. The van der Waals surface area contributed by atoms with Crippen LogP contribution in [0.25, 0.3) is 0 Å². The maximum absolute atomic E-state index is 14.7. The van der Waals surface area contributed by atoms with E-state index < -0.39 is 17.6 Å². The molecule has 51 heavy (non-hydrogen) atoms. The number of thioether (sulfide) groups is 1. The molecule has 2 fully saturated rings. The van der Waals surface area contributed by atoms with Gasteiger partial charge in [-0.3, -0.25) is 19.9 Å². The molecule has 1 spiro atoms. The number of hydrogen-bond donors (Lipinski definition) is 4. The van der Waals surface area contributed by atoms with Crippen molar-refractivity contribution in [2.45, 2.75) is 81.5 Å². The van der Waals surface area contributed by atoms with Gasteiger partial charge < -0.3 is 29.7 Å². The Labute approximate surface area is 301 Å². The third-order valence-electron chi connectivity index (χ3n) is 12.7. The van der Waals surface area contributed by atoms with Gasteiger partial charge in [-0.15, -0.1) is 11.8 Å². The number of piperazine rings is 1. The van der Waals surface area contributed by atoms with Crippen molar-refractivity contribution in [2.24, 2.45) is 0 Å². The lowest BCUT2D eigenvalue weighted by Crippen LogP contribution is -2.70. The molecule has 11 nitrogen and oxygen atoms in total. The molecule has 3 aromatic rings. The summed E-state index contributed by atoms with van der Waals surface area (Å²) in [6, 6.07) is 6.97. The van der Waals surface area contributed by atoms with Gasteiger partial charge in [0.1, 0.15) is 17.3 Å². The molecule has 7 aliphatic heterocycles. The fourth-order valence-corrected chi connectivity index (χ4v) is 12.0. The Bertz CT molecular complexity index is 2080. The number of amides is 1. The minimum absolute atomic E-state index is 0.110. The summed E-state index contributed by atoms with van der Waals surface area (Å²) in [6.07, 6.45) is 1.29. The lowest BCUT2D eigenvalue weighted by atomic mass is 9.70. The van der Waals surface area contributed by atoms with Crippen molar-refractivity contribution in [2.75, 3.05) is 39.8 Å². The first kappa shape index (κ1) is 32.7. The first-order valence-corrected chi connectivity index (χ1v) is 18.8. The van der Waals surface area contributed by atoms with Gasteiger partial charge in [0.25, 0.3) is 0 Å². The number of aryl methyl sites for hydroxylation is 2. The predicted octanol–water partition coefficient (Wildman–Crippen LogP) is 4.24. The maximum Gasteiger partial charge on any atom is 0.245 e. The van der Waals surface area contributed by atoms with Crippen LogP contribution in [0.2, 0.25) is 0 Å². The van der Waals surface area contributed by atoms with Crippen molar-refractivity contribution in [3.05, 3.63) is 73.8 Å². The standard InChI is InChI=1S/C39H43N5O6S/c1-17-10-23-21(12-27(17)45)7-8-42-39(23)15-51-37-28-19(3)20(4)35-36(50-16-49-35)30(28)26(14-41-38(39)47)44-25(13-40)24-11-22-9-18(2)34(48-6)33(46)29(22)31(32(37)44)43(24)5/h9-10,12,24-26,31-32,37,42,45-46H,7-8,11,14-16H2,1-6H3,(H,41,47)/t24-,25-,26-,31+,32?,37+,39+/m0/s1. The second-order valence-electron chi connectivity index (χ2n) is 15.0. The molecule has 266 valence electrons. The Morgan fingerprint density at radius 3 is 2.59 bits per heavy atom. The lowest BCUT2D eigenvalue weighted by molar-refractivity contribution is -0.128. The molecule has 2 saturated heterocycles. The monoisotopic (exact) mass is 709 g/mol. The van der Waals surface area contributed by atoms with E-state index in [1.54, 1.807) is 18.9 Å². The van der Waals surface area contributed by atoms with Crippen LogP contribution >= 0.6 is 11.8 Å². The van der Waals surface area contributed by atoms with Crippen LogP contribution in [-0.4, -0.2) is 83.8 Å². The van der Waals surface area contributed by atoms with Gasteiger partial charge in [-0.2, -0.15) is 5.26 Å². The summed E-state index contributed by atoms with van der Waals surface area (Å²) in [5.74, 6) is 2.54. The summed E-state index contributed by atoms with van der Waals surface area (Å²) >= 11 is 1.72. The summed E-state index contributed by atoms with van der Waals surface area (Å²) in [5, 5.41) is 40.6. The molecule has 7 atom stereocenters. The number of nitriles is 1. The third kappa shape index (κ3) is 4.26. The molecule has 0 saturated carbocycles. The van der Waals surface area contributed by atoms with Crippen LogP contribution in [-0.2, 0) is 23.2 Å².